The van der Waals surface area contributed by atoms with Gasteiger partial charge in [0, 0.05) is 17.0 Å². The highest BCUT2D eigenvalue weighted by atomic mass is 35.5. The summed E-state index contributed by atoms with van der Waals surface area (Å²) >= 11 is 12.7. The van der Waals surface area contributed by atoms with Gasteiger partial charge in [0.1, 0.15) is 11.2 Å². The summed E-state index contributed by atoms with van der Waals surface area (Å²) in [6, 6.07) is 27.9. The predicted octanol–water partition coefficient (Wildman–Crippen LogP) is 4.92. The van der Waals surface area contributed by atoms with Gasteiger partial charge in [0.15, 0.2) is 0 Å². The van der Waals surface area contributed by atoms with Crippen molar-refractivity contribution in [1.29, 1.82) is 0 Å². The zero-order valence-electron chi connectivity index (χ0n) is 16.6. The molecule has 2 heterocycles. The third-order valence-corrected chi connectivity index (χ3v) is 6.49. The van der Waals surface area contributed by atoms with E-state index in [-0.39, 0.29) is 29.1 Å². The number of nitrogens with one attached hydrogen (secondary N) is 2. The summed E-state index contributed by atoms with van der Waals surface area (Å²) in [7, 11) is 0. The van der Waals surface area contributed by atoms with Crippen LogP contribution in [0.5, 0.6) is 0 Å². The largest absolute Gasteiger partial charge is 0.362 e. The summed E-state index contributed by atoms with van der Waals surface area (Å²) < 4.78 is 0. The summed E-state index contributed by atoms with van der Waals surface area (Å²) in [5, 5.41) is 6.06. The lowest BCUT2D eigenvalue weighted by Crippen LogP contribution is -2.53. The Morgan fingerprint density at radius 1 is 0.839 bits per heavy atom. The van der Waals surface area contributed by atoms with Crippen molar-refractivity contribution in [1.82, 2.24) is 15.8 Å². The minimum atomic E-state index is -0.278. The lowest BCUT2D eigenvalue weighted by Gasteiger charge is -2.34. The van der Waals surface area contributed by atoms with Crippen LogP contribution in [0, 0.1) is 0 Å². The summed E-state index contributed by atoms with van der Waals surface area (Å²) in [6.07, 6.45) is 0.495. The number of hydrogen-bond donors (Lipinski definition) is 2. The molecule has 0 saturated carbocycles. The number of amides is 1. The molecule has 31 heavy (non-hydrogen) atoms. The van der Waals surface area contributed by atoms with Crippen LogP contribution in [-0.4, -0.2) is 23.1 Å². The molecule has 0 spiro atoms. The Balaban J connectivity index is 1.54. The Labute approximate surface area is 191 Å². The smallest absolute Gasteiger partial charge is 0.283 e. The fourth-order valence-corrected chi connectivity index (χ4v) is 4.82. The average Bonchev–Trinajstić information content (AvgIpc) is 3.16. The van der Waals surface area contributed by atoms with Crippen molar-refractivity contribution >= 4 is 34.8 Å². The SMILES string of the molecule is O=C1C(Cl)=C(c2ccccc2)NC2C(c3ccc(Cl)cc3)C(Cc3ccccc3)NN12. The van der Waals surface area contributed by atoms with Gasteiger partial charge in [0.05, 0.1) is 5.70 Å². The Morgan fingerprint density at radius 3 is 2.16 bits per heavy atom. The predicted molar refractivity (Wildman–Crippen MR) is 124 cm³/mol. The molecule has 2 aliphatic heterocycles. The van der Waals surface area contributed by atoms with Gasteiger partial charge < -0.3 is 5.32 Å². The van der Waals surface area contributed by atoms with E-state index >= 15 is 0 Å². The van der Waals surface area contributed by atoms with E-state index in [9.17, 15) is 4.79 Å². The zero-order chi connectivity index (χ0) is 21.4. The minimum absolute atomic E-state index is 0.00427. The maximum atomic E-state index is 13.2. The standard InChI is InChI=1S/C25H21Cl2N3O/c26-19-13-11-17(12-14-19)21-20(15-16-7-3-1-4-8-16)29-30-24(21)28-23(22(27)25(30)31)18-9-5-2-6-10-18/h1-14,20-21,24,28-29H,15H2. The number of benzene rings is 3. The maximum absolute atomic E-state index is 13.2. The highest BCUT2D eigenvalue weighted by Gasteiger charge is 2.48. The van der Waals surface area contributed by atoms with E-state index in [1.807, 2.05) is 72.8 Å². The fraction of sp³-hybridized carbons (Fsp3) is 0.160. The quantitative estimate of drug-likeness (QED) is 0.593. The van der Waals surface area contributed by atoms with Crippen LogP contribution in [0.3, 0.4) is 0 Å². The Bertz CT molecular complexity index is 1120. The first-order valence-electron chi connectivity index (χ1n) is 10.2. The van der Waals surface area contributed by atoms with E-state index in [2.05, 4.69) is 22.9 Å². The van der Waals surface area contributed by atoms with Gasteiger partial charge in [-0.3, -0.25) is 4.79 Å². The van der Waals surface area contributed by atoms with Crippen molar-refractivity contribution in [2.75, 3.05) is 0 Å². The lowest BCUT2D eigenvalue weighted by molar-refractivity contribution is -0.131. The van der Waals surface area contributed by atoms with Crippen molar-refractivity contribution in [2.24, 2.45) is 0 Å². The molecule has 5 rings (SSSR count). The van der Waals surface area contributed by atoms with E-state index < -0.39 is 0 Å². The van der Waals surface area contributed by atoms with Crippen LogP contribution in [-0.2, 0) is 11.2 Å². The average molecular weight is 450 g/mol. The lowest BCUT2D eigenvalue weighted by atomic mass is 9.86. The summed E-state index contributed by atoms with van der Waals surface area (Å²) in [5.74, 6) is -0.219. The molecule has 1 fully saturated rings. The number of nitrogens with zero attached hydrogens (tertiary/aromatic N) is 1. The molecule has 3 aromatic carbocycles. The van der Waals surface area contributed by atoms with Gasteiger partial charge in [-0.05, 0) is 35.2 Å². The van der Waals surface area contributed by atoms with Crippen molar-refractivity contribution in [3.63, 3.8) is 0 Å². The molecule has 3 unspecified atom stereocenters. The normalized spacial score (nSPS) is 23.0. The number of hydrazine groups is 1. The van der Waals surface area contributed by atoms with Gasteiger partial charge >= 0.3 is 0 Å². The summed E-state index contributed by atoms with van der Waals surface area (Å²) in [6.45, 7) is 0. The summed E-state index contributed by atoms with van der Waals surface area (Å²) in [4.78, 5) is 13.2. The van der Waals surface area contributed by atoms with Gasteiger partial charge in [-0.15, -0.1) is 0 Å². The van der Waals surface area contributed by atoms with Crippen LogP contribution in [0.2, 0.25) is 5.02 Å². The molecule has 2 aliphatic rings. The second kappa shape index (κ2) is 8.39. The molecule has 0 aromatic heterocycles. The minimum Gasteiger partial charge on any atom is -0.362 e. The van der Waals surface area contributed by atoms with E-state index in [1.165, 1.54) is 5.56 Å². The van der Waals surface area contributed by atoms with Crippen molar-refractivity contribution in [2.45, 2.75) is 24.5 Å². The van der Waals surface area contributed by atoms with Gasteiger partial charge in [0.2, 0.25) is 0 Å². The molecule has 1 saturated heterocycles. The second-order valence-electron chi connectivity index (χ2n) is 7.82. The first kappa shape index (κ1) is 20.1. The molecule has 156 valence electrons. The molecule has 0 radical (unpaired) electrons. The Kier molecular flexibility index (Phi) is 5.45. The number of hydrogen-bond acceptors (Lipinski definition) is 3. The van der Waals surface area contributed by atoms with Crippen molar-refractivity contribution in [3.05, 3.63) is 112 Å². The number of carbonyl (C=O) groups excluding carboxylic acids is 1. The van der Waals surface area contributed by atoms with E-state index in [1.54, 1.807) is 5.01 Å². The molecule has 3 atom stereocenters. The zero-order valence-corrected chi connectivity index (χ0v) is 18.1. The van der Waals surface area contributed by atoms with Crippen LogP contribution in [0.4, 0.5) is 0 Å². The fourth-order valence-electron chi connectivity index (χ4n) is 4.44. The first-order valence-corrected chi connectivity index (χ1v) is 11.0. The molecule has 3 aromatic rings. The topological polar surface area (TPSA) is 44.4 Å². The molecule has 1 amide bonds. The molecule has 0 bridgehead atoms. The van der Waals surface area contributed by atoms with Crippen LogP contribution in [0.1, 0.15) is 22.6 Å². The molecular formula is C25H21Cl2N3O. The number of fused-ring (bicyclic) bond motifs is 1. The van der Waals surface area contributed by atoms with Gasteiger partial charge in [0.25, 0.3) is 5.91 Å². The van der Waals surface area contributed by atoms with Gasteiger partial charge in [-0.25, -0.2) is 10.4 Å². The second-order valence-corrected chi connectivity index (χ2v) is 8.64. The highest BCUT2D eigenvalue weighted by molar-refractivity contribution is 6.45. The molecule has 4 nitrogen and oxygen atoms in total. The number of carbonyl (C=O) groups is 1. The molecule has 0 aliphatic carbocycles. The van der Waals surface area contributed by atoms with Gasteiger partial charge in [-0.2, -0.15) is 0 Å². The van der Waals surface area contributed by atoms with Gasteiger partial charge in [-0.1, -0.05) is 96.0 Å². The number of halogens is 2. The van der Waals surface area contributed by atoms with E-state index in [0.29, 0.717) is 10.7 Å². The van der Waals surface area contributed by atoms with Crippen LogP contribution in [0.25, 0.3) is 5.70 Å². The highest BCUT2D eigenvalue weighted by Crippen LogP contribution is 2.38. The molecule has 6 heteroatoms. The Hall–Kier alpha value is -2.79. The molecule has 2 N–H and O–H groups in total. The van der Waals surface area contributed by atoms with Crippen LogP contribution in [0.15, 0.2) is 90.0 Å². The monoisotopic (exact) mass is 449 g/mol. The number of rotatable bonds is 4. The van der Waals surface area contributed by atoms with E-state index in [4.69, 9.17) is 23.2 Å². The molecular weight excluding hydrogens is 429 g/mol. The third kappa shape index (κ3) is 3.83. The Morgan fingerprint density at radius 2 is 1.48 bits per heavy atom. The maximum Gasteiger partial charge on any atom is 0.283 e. The van der Waals surface area contributed by atoms with Crippen molar-refractivity contribution < 1.29 is 4.79 Å². The summed E-state index contributed by atoms with van der Waals surface area (Å²) in [5.41, 5.74) is 7.29. The first-order chi connectivity index (χ1) is 15.1. The van der Waals surface area contributed by atoms with Crippen molar-refractivity contribution in [3.8, 4) is 0 Å². The van der Waals surface area contributed by atoms with Crippen LogP contribution < -0.4 is 10.7 Å². The van der Waals surface area contributed by atoms with Crippen LogP contribution >= 0.6 is 23.2 Å². The third-order valence-electron chi connectivity index (χ3n) is 5.89. The van der Waals surface area contributed by atoms with E-state index in [0.717, 1.165) is 17.5 Å².